The Bertz CT molecular complexity index is 1500. The molecular weight excluding hydrogens is 500 g/mol. The molecule has 0 bridgehead atoms. The number of piperidine rings is 1. The highest BCUT2D eigenvalue weighted by molar-refractivity contribution is 6.05. The van der Waals surface area contributed by atoms with Gasteiger partial charge in [-0.3, -0.25) is 4.79 Å². The number of nitrogens with zero attached hydrogens (tertiary/aromatic N) is 3. The summed E-state index contributed by atoms with van der Waals surface area (Å²) >= 11 is 0. The molecule has 2 heterocycles. The Kier molecular flexibility index (Phi) is 7.41. The molecule has 0 aliphatic carbocycles. The molecule has 1 fully saturated rings. The van der Waals surface area contributed by atoms with Crippen LogP contribution in [0.3, 0.4) is 0 Å². The second kappa shape index (κ2) is 10.8. The lowest BCUT2D eigenvalue weighted by atomic mass is 9.91. The zero-order chi connectivity index (χ0) is 28.5. The van der Waals surface area contributed by atoms with Crippen LogP contribution in [0.5, 0.6) is 0 Å². The summed E-state index contributed by atoms with van der Waals surface area (Å²) in [5.74, 6) is 0.0992. The van der Waals surface area contributed by atoms with E-state index in [1.54, 1.807) is 0 Å². The maximum absolute atomic E-state index is 13.4. The molecular formula is C33H38N4O3. The Balaban J connectivity index is 1.33. The number of hydrogen-bond acceptors (Lipinski definition) is 4. The molecule has 7 heteroatoms. The standard InChI is InChI=1S/C33H38N4O3/c1-32(2,3)40-31(39)36-20-10-12-24(21-36)23-16-18-27(19-17-23)37-22-25-11-9-15-28(29(25)35-37)30(38)34-33(4,5)26-13-7-6-8-14-26/h6-9,11,13-19,22,24H,10,12,20-21H2,1-5H3,(H,34,38)/t24-/m1/s1. The topological polar surface area (TPSA) is 76.5 Å². The van der Waals surface area contributed by atoms with Crippen molar-refractivity contribution in [2.45, 2.75) is 64.5 Å². The fourth-order valence-electron chi connectivity index (χ4n) is 5.28. The van der Waals surface area contributed by atoms with Crippen molar-refractivity contribution in [1.29, 1.82) is 0 Å². The van der Waals surface area contributed by atoms with Crippen LogP contribution in [0.2, 0.25) is 0 Å². The number of amides is 2. The predicted molar refractivity (Wildman–Crippen MR) is 158 cm³/mol. The highest BCUT2D eigenvalue weighted by Gasteiger charge is 2.29. The Labute approximate surface area is 236 Å². The minimum atomic E-state index is -0.531. The van der Waals surface area contributed by atoms with Gasteiger partial charge in [0.2, 0.25) is 0 Å². The highest BCUT2D eigenvalue weighted by atomic mass is 16.6. The van der Waals surface area contributed by atoms with Crippen molar-refractivity contribution in [3.05, 3.63) is 95.7 Å². The van der Waals surface area contributed by atoms with Gasteiger partial charge in [0, 0.05) is 30.6 Å². The lowest BCUT2D eigenvalue weighted by Gasteiger charge is -2.34. The predicted octanol–water partition coefficient (Wildman–Crippen LogP) is 6.81. The smallest absolute Gasteiger partial charge is 0.410 e. The van der Waals surface area contributed by atoms with Crippen molar-refractivity contribution in [3.63, 3.8) is 0 Å². The zero-order valence-corrected chi connectivity index (χ0v) is 24.0. The van der Waals surface area contributed by atoms with Gasteiger partial charge >= 0.3 is 6.09 Å². The number of hydrogen-bond donors (Lipinski definition) is 1. The fraction of sp³-hybridized carbons (Fsp3) is 0.364. The lowest BCUT2D eigenvalue weighted by molar-refractivity contribution is 0.0198. The van der Waals surface area contributed by atoms with Gasteiger partial charge in [-0.25, -0.2) is 9.48 Å². The molecule has 1 aliphatic rings. The molecule has 0 unspecified atom stereocenters. The second-order valence-electron chi connectivity index (χ2n) is 12.1. The molecule has 0 spiro atoms. The molecule has 5 rings (SSSR count). The molecule has 7 nitrogen and oxygen atoms in total. The van der Waals surface area contributed by atoms with Gasteiger partial charge in [0.15, 0.2) is 0 Å². The minimum Gasteiger partial charge on any atom is -0.444 e. The van der Waals surface area contributed by atoms with Gasteiger partial charge in [-0.2, -0.15) is 5.10 Å². The molecule has 208 valence electrons. The summed E-state index contributed by atoms with van der Waals surface area (Å²) in [7, 11) is 0. The van der Waals surface area contributed by atoms with E-state index in [-0.39, 0.29) is 17.9 Å². The summed E-state index contributed by atoms with van der Waals surface area (Å²) in [6.45, 7) is 11.1. The van der Waals surface area contributed by atoms with Crippen LogP contribution in [0.4, 0.5) is 4.79 Å². The summed E-state index contributed by atoms with van der Waals surface area (Å²) in [6.07, 6.45) is 3.68. The normalized spacial score (nSPS) is 16.1. The summed E-state index contributed by atoms with van der Waals surface area (Å²) < 4.78 is 7.41. The van der Waals surface area contributed by atoms with Crippen LogP contribution in [0.1, 0.15) is 74.9 Å². The van der Waals surface area contributed by atoms with Crippen molar-refractivity contribution in [2.24, 2.45) is 0 Å². The molecule has 40 heavy (non-hydrogen) atoms. The van der Waals surface area contributed by atoms with Crippen molar-refractivity contribution in [1.82, 2.24) is 20.0 Å². The summed E-state index contributed by atoms with van der Waals surface area (Å²) in [4.78, 5) is 27.8. The maximum atomic E-state index is 13.4. The van der Waals surface area contributed by atoms with Gasteiger partial charge in [-0.1, -0.05) is 54.6 Å². The molecule has 0 radical (unpaired) electrons. The van der Waals surface area contributed by atoms with E-state index < -0.39 is 11.1 Å². The quantitative estimate of drug-likeness (QED) is 0.303. The number of fused-ring (bicyclic) bond motifs is 1. The Hall–Kier alpha value is -4.13. The number of carbonyl (C=O) groups excluding carboxylic acids is 2. The van der Waals surface area contributed by atoms with E-state index in [9.17, 15) is 9.59 Å². The number of ether oxygens (including phenoxy) is 1. The first kappa shape index (κ1) is 27.4. The van der Waals surface area contributed by atoms with E-state index in [1.807, 2.05) is 111 Å². The van der Waals surface area contributed by atoms with E-state index in [0.717, 1.165) is 36.0 Å². The van der Waals surface area contributed by atoms with Crippen LogP contribution in [-0.2, 0) is 10.3 Å². The molecule has 1 aliphatic heterocycles. The van der Waals surface area contributed by atoms with Gasteiger partial charge in [0.25, 0.3) is 5.91 Å². The van der Waals surface area contributed by atoms with E-state index in [1.165, 1.54) is 5.56 Å². The average molecular weight is 539 g/mol. The van der Waals surface area contributed by atoms with Gasteiger partial charge < -0.3 is 15.0 Å². The highest BCUT2D eigenvalue weighted by Crippen LogP contribution is 2.29. The van der Waals surface area contributed by atoms with Crippen LogP contribution in [-0.4, -0.2) is 45.4 Å². The number of nitrogens with one attached hydrogen (secondary N) is 1. The van der Waals surface area contributed by atoms with Crippen molar-refractivity contribution >= 4 is 22.9 Å². The molecule has 0 saturated carbocycles. The number of likely N-dealkylation sites (tertiary alicyclic amines) is 1. The third-order valence-corrected chi connectivity index (χ3v) is 7.40. The first-order valence-corrected chi connectivity index (χ1v) is 13.9. The summed E-state index contributed by atoms with van der Waals surface area (Å²) in [6, 6.07) is 23.9. The molecule has 4 aromatic rings. The van der Waals surface area contributed by atoms with E-state index in [2.05, 4.69) is 17.4 Å². The number of benzene rings is 3. The largest absolute Gasteiger partial charge is 0.444 e. The first-order valence-electron chi connectivity index (χ1n) is 13.9. The van der Waals surface area contributed by atoms with Crippen molar-refractivity contribution < 1.29 is 14.3 Å². The van der Waals surface area contributed by atoms with E-state index >= 15 is 0 Å². The zero-order valence-electron chi connectivity index (χ0n) is 24.0. The first-order chi connectivity index (χ1) is 19.0. The van der Waals surface area contributed by atoms with Crippen LogP contribution in [0, 0.1) is 0 Å². The monoisotopic (exact) mass is 538 g/mol. The van der Waals surface area contributed by atoms with Gasteiger partial charge in [-0.15, -0.1) is 0 Å². The third kappa shape index (κ3) is 6.03. The second-order valence-corrected chi connectivity index (χ2v) is 12.1. The minimum absolute atomic E-state index is 0.160. The Morgan fingerprint density at radius 2 is 1.65 bits per heavy atom. The molecule has 1 N–H and O–H groups in total. The van der Waals surface area contributed by atoms with Crippen LogP contribution < -0.4 is 5.32 Å². The molecule has 3 aromatic carbocycles. The van der Waals surface area contributed by atoms with Crippen molar-refractivity contribution in [3.8, 4) is 5.69 Å². The number of aromatic nitrogens is 2. The van der Waals surface area contributed by atoms with Gasteiger partial charge in [0.1, 0.15) is 11.1 Å². The molecule has 1 atom stereocenters. The van der Waals surface area contributed by atoms with Crippen LogP contribution >= 0.6 is 0 Å². The number of rotatable bonds is 5. The lowest BCUT2D eigenvalue weighted by Crippen LogP contribution is -2.42. The third-order valence-electron chi connectivity index (χ3n) is 7.40. The van der Waals surface area contributed by atoms with Crippen LogP contribution in [0.15, 0.2) is 79.0 Å². The van der Waals surface area contributed by atoms with Gasteiger partial charge in [0.05, 0.1) is 16.8 Å². The Morgan fingerprint density at radius 1 is 0.925 bits per heavy atom. The Morgan fingerprint density at radius 3 is 2.35 bits per heavy atom. The fourth-order valence-corrected chi connectivity index (χ4v) is 5.28. The molecule has 2 amide bonds. The number of carbonyl (C=O) groups is 2. The van der Waals surface area contributed by atoms with E-state index in [0.29, 0.717) is 17.6 Å². The summed E-state index contributed by atoms with van der Waals surface area (Å²) in [5, 5.41) is 8.87. The average Bonchev–Trinajstić information content (AvgIpc) is 3.37. The molecule has 1 aromatic heterocycles. The van der Waals surface area contributed by atoms with E-state index in [4.69, 9.17) is 9.84 Å². The maximum Gasteiger partial charge on any atom is 0.410 e. The summed E-state index contributed by atoms with van der Waals surface area (Å²) in [5.41, 5.74) is 3.31. The van der Waals surface area contributed by atoms with Crippen molar-refractivity contribution in [2.75, 3.05) is 13.1 Å². The SMILES string of the molecule is CC(C)(C)OC(=O)N1CCC[C@@H](c2ccc(-n3cc4cccc(C(=O)NC(C)(C)c5ccccc5)c4n3)cc2)C1. The molecule has 1 saturated heterocycles. The van der Waals surface area contributed by atoms with Gasteiger partial charge in [-0.05, 0) is 76.8 Å². The van der Waals surface area contributed by atoms with Crippen LogP contribution in [0.25, 0.3) is 16.6 Å².